The molecule has 0 aliphatic carbocycles. The number of hydrogen-bond acceptors (Lipinski definition) is 4. The van der Waals surface area contributed by atoms with Gasteiger partial charge in [-0.15, -0.1) is 10.3 Å². The number of ketones is 1. The summed E-state index contributed by atoms with van der Waals surface area (Å²) in [6.07, 6.45) is 2.82. The lowest BCUT2D eigenvalue weighted by Crippen LogP contribution is -2.24. The Morgan fingerprint density at radius 1 is 1.30 bits per heavy atom. The van der Waals surface area contributed by atoms with Crippen LogP contribution in [0.2, 0.25) is 0 Å². The van der Waals surface area contributed by atoms with Gasteiger partial charge in [-0.2, -0.15) is 8.42 Å². The molecule has 0 spiro atoms. The molecule has 0 aromatic heterocycles. The van der Waals surface area contributed by atoms with Crippen LogP contribution in [0.1, 0.15) is 53.4 Å². The molecule has 20 heavy (non-hydrogen) atoms. The fourth-order valence-corrected chi connectivity index (χ4v) is 9.50. The quantitative estimate of drug-likeness (QED) is 0.687. The van der Waals surface area contributed by atoms with E-state index in [2.05, 4.69) is 13.8 Å². The zero-order valence-corrected chi connectivity index (χ0v) is 14.7. The molecule has 1 fully saturated rings. The van der Waals surface area contributed by atoms with Gasteiger partial charge in [-0.3, -0.25) is 4.79 Å². The van der Waals surface area contributed by atoms with E-state index in [1.807, 2.05) is 13.8 Å². The molecule has 1 unspecified atom stereocenters. The molecule has 1 rings (SSSR count). The van der Waals surface area contributed by atoms with Crippen LogP contribution in [-0.4, -0.2) is 37.2 Å². The molecule has 1 aliphatic heterocycles. The smallest absolute Gasteiger partial charge is 0.276 e. The summed E-state index contributed by atoms with van der Waals surface area (Å²) in [5, 5.41) is 0. The average molecular weight is 325 g/mol. The molecule has 0 saturated carbocycles. The lowest BCUT2D eigenvalue weighted by molar-refractivity contribution is -0.116. The molecule has 1 heterocycles. The van der Waals surface area contributed by atoms with Crippen molar-refractivity contribution in [3.05, 3.63) is 0 Å². The summed E-state index contributed by atoms with van der Waals surface area (Å²) in [7, 11) is -5.31. The highest BCUT2D eigenvalue weighted by atomic mass is 32.3. The van der Waals surface area contributed by atoms with Crippen molar-refractivity contribution in [3.63, 3.8) is 0 Å². The van der Waals surface area contributed by atoms with Gasteiger partial charge in [-0.1, -0.05) is 34.1 Å². The molecule has 6 heteroatoms. The molecule has 0 amide bonds. The van der Waals surface area contributed by atoms with Gasteiger partial charge in [0.1, 0.15) is 5.78 Å². The third kappa shape index (κ3) is 5.37. The first-order valence-electron chi connectivity index (χ1n) is 7.35. The van der Waals surface area contributed by atoms with Gasteiger partial charge in [0.15, 0.2) is 0 Å². The predicted molar refractivity (Wildman–Crippen MR) is 85.7 cm³/mol. The number of rotatable bonds is 8. The van der Waals surface area contributed by atoms with Crippen LogP contribution in [0.25, 0.3) is 0 Å². The number of unbranched alkanes of at least 4 members (excludes halogenated alkanes) is 1. The minimum atomic E-state index is -3.50. The molecule has 0 aromatic carbocycles. The molecule has 1 aliphatic rings. The molecule has 0 radical (unpaired) electrons. The van der Waals surface area contributed by atoms with Gasteiger partial charge in [0.05, 0.1) is 11.5 Å². The van der Waals surface area contributed by atoms with E-state index in [0.29, 0.717) is 18.6 Å². The zero-order chi connectivity index (χ0) is 15.4. The second-order valence-corrected chi connectivity index (χ2v) is 11.4. The van der Waals surface area contributed by atoms with Gasteiger partial charge >= 0.3 is 0 Å². The van der Waals surface area contributed by atoms with Crippen molar-refractivity contribution in [3.8, 4) is 0 Å². The largest absolute Gasteiger partial charge is 0.299 e. The Balaban J connectivity index is 2.87. The van der Waals surface area contributed by atoms with E-state index in [4.69, 9.17) is 3.63 Å². The fourth-order valence-electron chi connectivity index (χ4n) is 2.49. The Labute approximate surface area is 125 Å². The minimum absolute atomic E-state index is 0.0684. The molecule has 0 bridgehead atoms. The maximum absolute atomic E-state index is 12.1. The summed E-state index contributed by atoms with van der Waals surface area (Å²) in [6, 6.07) is 0. The van der Waals surface area contributed by atoms with Gasteiger partial charge in [0.2, 0.25) is 0 Å². The van der Waals surface area contributed by atoms with Crippen molar-refractivity contribution < 1.29 is 16.8 Å². The van der Waals surface area contributed by atoms with E-state index >= 15 is 0 Å². The van der Waals surface area contributed by atoms with Crippen molar-refractivity contribution in [1.29, 1.82) is 0 Å². The lowest BCUT2D eigenvalue weighted by Gasteiger charge is -2.35. The van der Waals surface area contributed by atoms with Crippen molar-refractivity contribution in [2.75, 3.05) is 23.0 Å². The van der Waals surface area contributed by atoms with Crippen LogP contribution in [-0.2, 0) is 18.5 Å². The predicted octanol–water partition coefficient (Wildman–Crippen LogP) is 3.26. The Hall–Kier alpha value is -0.0700. The fraction of sp³-hybridized carbons (Fsp3) is 0.929. The van der Waals surface area contributed by atoms with Gasteiger partial charge in [-0.05, 0) is 18.3 Å². The van der Waals surface area contributed by atoms with E-state index in [-0.39, 0.29) is 17.0 Å². The summed E-state index contributed by atoms with van der Waals surface area (Å²) < 4.78 is 29.9. The summed E-state index contributed by atoms with van der Waals surface area (Å²) >= 11 is 0. The van der Waals surface area contributed by atoms with E-state index in [0.717, 1.165) is 24.3 Å². The Morgan fingerprint density at radius 3 is 2.40 bits per heavy atom. The summed E-state index contributed by atoms with van der Waals surface area (Å²) in [5.74, 6) is 1.94. The SMILES string of the molecule is CCCCS(=O)(=O)OS1(CC(=O)CC)CCC(C)(C)C1. The monoisotopic (exact) mass is 324 g/mol. The second kappa shape index (κ2) is 6.79. The van der Waals surface area contributed by atoms with Crippen LogP contribution in [0.5, 0.6) is 0 Å². The van der Waals surface area contributed by atoms with Gasteiger partial charge in [0.25, 0.3) is 10.1 Å². The Kier molecular flexibility index (Phi) is 6.11. The summed E-state index contributed by atoms with van der Waals surface area (Å²) in [5.41, 5.74) is 0.0730. The number of carbonyl (C=O) groups excluding carboxylic acids is 1. The summed E-state index contributed by atoms with van der Waals surface area (Å²) in [6.45, 7) is 8.03. The number of hydrogen-bond donors (Lipinski definition) is 0. The molecule has 1 saturated heterocycles. The van der Waals surface area contributed by atoms with Gasteiger partial charge in [-0.25, -0.2) is 3.63 Å². The first-order chi connectivity index (χ1) is 9.14. The van der Waals surface area contributed by atoms with Crippen LogP contribution in [0.15, 0.2) is 0 Å². The van der Waals surface area contributed by atoms with Gasteiger partial charge < -0.3 is 0 Å². The standard InChI is InChI=1S/C14H28O4S2/c1-5-7-9-20(16,17)18-19(11-13(15)6-2)10-8-14(3,4)12-19/h5-12H2,1-4H3. The molecule has 120 valence electrons. The third-order valence-electron chi connectivity index (χ3n) is 3.62. The zero-order valence-electron chi connectivity index (χ0n) is 13.1. The average Bonchev–Trinajstić information content (AvgIpc) is 2.61. The molecule has 4 nitrogen and oxygen atoms in total. The van der Waals surface area contributed by atoms with Crippen LogP contribution >= 0.6 is 10.3 Å². The normalized spacial score (nSPS) is 29.0. The van der Waals surface area contributed by atoms with Crippen molar-refractivity contribution >= 4 is 26.2 Å². The van der Waals surface area contributed by atoms with E-state index < -0.39 is 20.4 Å². The summed E-state index contributed by atoms with van der Waals surface area (Å²) in [4.78, 5) is 11.8. The van der Waals surface area contributed by atoms with E-state index in [1.54, 1.807) is 0 Å². The number of carbonyl (C=O) groups is 1. The molecular weight excluding hydrogens is 296 g/mol. The second-order valence-electron chi connectivity index (χ2n) is 6.45. The minimum Gasteiger partial charge on any atom is -0.299 e. The first kappa shape index (κ1) is 18.0. The molecular formula is C14H28O4S2. The number of Topliss-reactive ketones (excluding diaryl/α,β-unsaturated/α-hetero) is 1. The van der Waals surface area contributed by atoms with Crippen molar-refractivity contribution in [1.82, 2.24) is 0 Å². The molecule has 0 aromatic rings. The van der Waals surface area contributed by atoms with Gasteiger partial charge in [0, 0.05) is 17.9 Å². The van der Waals surface area contributed by atoms with Crippen LogP contribution in [0.3, 0.4) is 0 Å². The molecule has 0 N–H and O–H groups in total. The maximum Gasteiger partial charge on any atom is 0.276 e. The van der Waals surface area contributed by atoms with E-state index in [1.165, 1.54) is 0 Å². The highest BCUT2D eigenvalue weighted by molar-refractivity contribution is 8.33. The first-order valence-corrected chi connectivity index (χ1v) is 11.0. The topological polar surface area (TPSA) is 60.4 Å². The van der Waals surface area contributed by atoms with Crippen molar-refractivity contribution in [2.45, 2.75) is 53.4 Å². The highest BCUT2D eigenvalue weighted by Crippen LogP contribution is 2.61. The highest BCUT2D eigenvalue weighted by Gasteiger charge is 2.44. The molecule has 1 atom stereocenters. The van der Waals surface area contributed by atoms with Crippen LogP contribution < -0.4 is 0 Å². The van der Waals surface area contributed by atoms with Crippen LogP contribution in [0.4, 0.5) is 0 Å². The maximum atomic E-state index is 12.1. The lowest BCUT2D eigenvalue weighted by atomic mass is 9.94. The van der Waals surface area contributed by atoms with Crippen molar-refractivity contribution in [2.24, 2.45) is 5.41 Å². The van der Waals surface area contributed by atoms with Crippen LogP contribution in [0, 0.1) is 5.41 Å². The Bertz CT molecular complexity index is 442. The third-order valence-corrected chi connectivity index (χ3v) is 9.50. The Morgan fingerprint density at radius 2 is 1.95 bits per heavy atom. The van der Waals surface area contributed by atoms with E-state index in [9.17, 15) is 13.2 Å².